The van der Waals surface area contributed by atoms with Crippen LogP contribution in [0.4, 0.5) is 0 Å². The fourth-order valence-electron chi connectivity index (χ4n) is 1.78. The molecule has 0 fully saturated rings. The second-order valence-electron chi connectivity index (χ2n) is 4.51. The van der Waals surface area contributed by atoms with E-state index in [-0.39, 0.29) is 5.56 Å². The van der Waals surface area contributed by atoms with E-state index < -0.39 is 24.1 Å². The number of hydrogen-bond acceptors (Lipinski definition) is 5. The summed E-state index contributed by atoms with van der Waals surface area (Å²) in [6, 6.07) is 16.4. The van der Waals surface area contributed by atoms with Crippen molar-refractivity contribution in [1.82, 2.24) is 5.32 Å². The Morgan fingerprint density at radius 2 is 1.39 bits per heavy atom. The molecule has 0 saturated carbocycles. The monoisotopic (exact) mass is 313 g/mol. The molecule has 23 heavy (non-hydrogen) atoms. The van der Waals surface area contributed by atoms with Crippen LogP contribution in [0.1, 0.15) is 20.7 Å². The molecule has 0 aromatic heterocycles. The van der Waals surface area contributed by atoms with E-state index >= 15 is 0 Å². The smallest absolute Gasteiger partial charge is 0.369 e. The Morgan fingerprint density at radius 1 is 0.870 bits per heavy atom. The van der Waals surface area contributed by atoms with E-state index in [1.807, 2.05) is 0 Å². The summed E-state index contributed by atoms with van der Waals surface area (Å²) in [4.78, 5) is 35.8. The molecule has 6 nitrogen and oxygen atoms in total. The van der Waals surface area contributed by atoms with Gasteiger partial charge in [-0.15, -0.1) is 0 Å². The zero-order valence-electron chi connectivity index (χ0n) is 12.4. The number of carbonyl (C=O) groups is 3. The van der Waals surface area contributed by atoms with Gasteiger partial charge < -0.3 is 14.8 Å². The maximum atomic E-state index is 12.1. The van der Waals surface area contributed by atoms with Crippen molar-refractivity contribution < 1.29 is 23.9 Å². The molecule has 0 radical (unpaired) electrons. The molecule has 0 heterocycles. The Balaban J connectivity index is 2.10. The van der Waals surface area contributed by atoms with Crippen LogP contribution in [0.3, 0.4) is 0 Å². The van der Waals surface area contributed by atoms with Crippen LogP contribution in [-0.2, 0) is 14.3 Å². The predicted octanol–water partition coefficient (Wildman–Crippen LogP) is 1.77. The molecule has 0 saturated heterocycles. The van der Waals surface area contributed by atoms with Gasteiger partial charge in [0.15, 0.2) is 0 Å². The second-order valence-corrected chi connectivity index (χ2v) is 4.51. The summed E-state index contributed by atoms with van der Waals surface area (Å²) in [5, 5.41) is 2.33. The van der Waals surface area contributed by atoms with E-state index in [0.717, 1.165) is 7.11 Å². The lowest BCUT2D eigenvalue weighted by atomic mass is 10.2. The van der Waals surface area contributed by atoms with Gasteiger partial charge in [0.05, 0.1) is 12.7 Å². The highest BCUT2D eigenvalue weighted by Crippen LogP contribution is 2.05. The molecule has 6 heteroatoms. The Morgan fingerprint density at radius 3 is 1.91 bits per heavy atom. The lowest BCUT2D eigenvalue weighted by molar-refractivity contribution is -0.152. The standard InChI is InChI=1S/C17H15NO5/c1-22-17(21)15(18-14(19)12-8-4-2-5-9-12)23-16(20)13-10-6-3-7-11-13/h2-11,15H,1H3,(H,18,19). The topological polar surface area (TPSA) is 81.7 Å². The number of ether oxygens (including phenoxy) is 2. The molecule has 2 aromatic rings. The lowest BCUT2D eigenvalue weighted by Gasteiger charge is -2.17. The van der Waals surface area contributed by atoms with E-state index in [9.17, 15) is 14.4 Å². The van der Waals surface area contributed by atoms with E-state index in [1.54, 1.807) is 48.5 Å². The molecule has 2 aromatic carbocycles. The molecule has 0 spiro atoms. The lowest BCUT2D eigenvalue weighted by Crippen LogP contribution is -2.44. The van der Waals surface area contributed by atoms with Crippen molar-refractivity contribution in [2.45, 2.75) is 6.23 Å². The second kappa shape index (κ2) is 7.74. The summed E-state index contributed by atoms with van der Waals surface area (Å²) in [5.41, 5.74) is 0.590. The minimum atomic E-state index is -1.53. The fraction of sp³-hybridized carbons (Fsp3) is 0.118. The Bertz CT molecular complexity index is 631. The van der Waals surface area contributed by atoms with Crippen LogP contribution < -0.4 is 5.32 Å². The minimum absolute atomic E-state index is 0.260. The van der Waals surface area contributed by atoms with Gasteiger partial charge in [-0.25, -0.2) is 9.59 Å². The minimum Gasteiger partial charge on any atom is -0.465 e. The van der Waals surface area contributed by atoms with Crippen LogP contribution in [0.25, 0.3) is 0 Å². The number of rotatable bonds is 5. The van der Waals surface area contributed by atoms with Crippen LogP contribution in [0, 0.1) is 0 Å². The van der Waals surface area contributed by atoms with Gasteiger partial charge in [-0.1, -0.05) is 36.4 Å². The van der Waals surface area contributed by atoms with Crippen molar-refractivity contribution in [2.24, 2.45) is 0 Å². The van der Waals surface area contributed by atoms with E-state index in [1.165, 1.54) is 12.1 Å². The summed E-state index contributed by atoms with van der Waals surface area (Å²) in [5.74, 6) is -2.17. The van der Waals surface area contributed by atoms with Crippen molar-refractivity contribution >= 4 is 17.8 Å². The normalized spacial score (nSPS) is 11.2. The predicted molar refractivity (Wildman–Crippen MR) is 81.6 cm³/mol. The zero-order chi connectivity index (χ0) is 16.7. The van der Waals surface area contributed by atoms with Gasteiger partial charge in [0, 0.05) is 5.56 Å². The average molecular weight is 313 g/mol. The largest absolute Gasteiger partial charge is 0.465 e. The van der Waals surface area contributed by atoms with Gasteiger partial charge in [0.1, 0.15) is 0 Å². The first-order valence-electron chi connectivity index (χ1n) is 6.81. The summed E-state index contributed by atoms with van der Waals surface area (Å²) in [7, 11) is 1.14. The third-order valence-electron chi connectivity index (χ3n) is 2.95. The third kappa shape index (κ3) is 4.41. The summed E-state index contributed by atoms with van der Waals surface area (Å²) in [6.07, 6.45) is -1.53. The highest BCUT2D eigenvalue weighted by molar-refractivity contribution is 5.97. The number of methoxy groups -OCH3 is 1. The van der Waals surface area contributed by atoms with Crippen molar-refractivity contribution in [1.29, 1.82) is 0 Å². The van der Waals surface area contributed by atoms with Gasteiger partial charge in [-0.3, -0.25) is 4.79 Å². The molecule has 1 atom stereocenters. The van der Waals surface area contributed by atoms with Crippen LogP contribution >= 0.6 is 0 Å². The van der Waals surface area contributed by atoms with Crippen LogP contribution in [0.2, 0.25) is 0 Å². The van der Waals surface area contributed by atoms with Gasteiger partial charge in [-0.2, -0.15) is 0 Å². The molecular weight excluding hydrogens is 298 g/mol. The first kappa shape index (κ1) is 16.2. The molecule has 2 rings (SSSR count). The first-order valence-corrected chi connectivity index (χ1v) is 6.81. The third-order valence-corrected chi connectivity index (χ3v) is 2.95. The van der Waals surface area contributed by atoms with Crippen LogP contribution in [0.15, 0.2) is 60.7 Å². The quantitative estimate of drug-likeness (QED) is 0.672. The Hall–Kier alpha value is -3.15. The number of carbonyl (C=O) groups excluding carboxylic acids is 3. The summed E-state index contributed by atoms with van der Waals surface area (Å²) in [6.45, 7) is 0. The fourth-order valence-corrected chi connectivity index (χ4v) is 1.78. The van der Waals surface area contributed by atoms with E-state index in [0.29, 0.717) is 5.56 Å². The number of nitrogens with one attached hydrogen (secondary N) is 1. The molecule has 0 aliphatic carbocycles. The number of hydrogen-bond donors (Lipinski definition) is 1. The van der Waals surface area contributed by atoms with Crippen molar-refractivity contribution in [3.8, 4) is 0 Å². The zero-order valence-corrected chi connectivity index (χ0v) is 12.4. The van der Waals surface area contributed by atoms with Crippen molar-refractivity contribution in [3.05, 3.63) is 71.8 Å². The summed E-state index contributed by atoms with van der Waals surface area (Å²) >= 11 is 0. The van der Waals surface area contributed by atoms with Crippen molar-refractivity contribution in [2.75, 3.05) is 7.11 Å². The van der Waals surface area contributed by atoms with E-state index in [2.05, 4.69) is 10.1 Å². The maximum absolute atomic E-state index is 12.1. The Labute approximate surface area is 133 Å². The van der Waals surface area contributed by atoms with E-state index in [4.69, 9.17) is 4.74 Å². The Kier molecular flexibility index (Phi) is 5.46. The molecule has 0 bridgehead atoms. The molecular formula is C17H15NO5. The first-order chi connectivity index (χ1) is 11.1. The molecule has 0 aliphatic heterocycles. The number of amides is 1. The van der Waals surface area contributed by atoms with Crippen molar-refractivity contribution in [3.63, 3.8) is 0 Å². The highest BCUT2D eigenvalue weighted by atomic mass is 16.6. The van der Waals surface area contributed by atoms with Gasteiger partial charge in [0.2, 0.25) is 0 Å². The molecule has 118 valence electrons. The molecule has 1 amide bonds. The van der Waals surface area contributed by atoms with Crippen LogP contribution in [-0.4, -0.2) is 31.2 Å². The molecule has 1 N–H and O–H groups in total. The summed E-state index contributed by atoms with van der Waals surface area (Å²) < 4.78 is 9.59. The number of esters is 2. The maximum Gasteiger partial charge on any atom is 0.369 e. The SMILES string of the molecule is COC(=O)C(NC(=O)c1ccccc1)OC(=O)c1ccccc1. The number of benzene rings is 2. The van der Waals surface area contributed by atoms with Gasteiger partial charge in [-0.05, 0) is 24.3 Å². The highest BCUT2D eigenvalue weighted by Gasteiger charge is 2.26. The molecule has 1 unspecified atom stereocenters. The van der Waals surface area contributed by atoms with Gasteiger partial charge >= 0.3 is 11.9 Å². The average Bonchev–Trinajstić information content (AvgIpc) is 2.61. The molecule has 0 aliphatic rings. The van der Waals surface area contributed by atoms with Gasteiger partial charge in [0.25, 0.3) is 12.1 Å². The van der Waals surface area contributed by atoms with Crippen LogP contribution in [0.5, 0.6) is 0 Å².